The normalized spacial score (nSPS) is 15.0. The third kappa shape index (κ3) is 4.33. The van der Waals surface area contributed by atoms with Crippen LogP contribution in [0, 0.1) is 23.1 Å². The average molecular weight is 313 g/mol. The zero-order valence-corrected chi connectivity index (χ0v) is 13.2. The van der Waals surface area contributed by atoms with Crippen LogP contribution in [-0.2, 0) is 4.79 Å². The van der Waals surface area contributed by atoms with E-state index in [1.807, 2.05) is 13.8 Å². The SMILES string of the molecule is CC(C)[C@](C)(C#N)NC(=O)[C@@H](C)Oc1ccc(F)cc1Cl. The third-order valence-electron chi connectivity index (χ3n) is 3.34. The molecule has 1 aromatic carbocycles. The summed E-state index contributed by atoms with van der Waals surface area (Å²) < 4.78 is 18.4. The van der Waals surface area contributed by atoms with Crippen LogP contribution in [0.25, 0.3) is 0 Å². The summed E-state index contributed by atoms with van der Waals surface area (Å²) in [6, 6.07) is 5.74. The van der Waals surface area contributed by atoms with E-state index >= 15 is 0 Å². The summed E-state index contributed by atoms with van der Waals surface area (Å²) >= 11 is 5.84. The van der Waals surface area contributed by atoms with Crippen molar-refractivity contribution in [1.82, 2.24) is 5.32 Å². The molecular weight excluding hydrogens is 295 g/mol. The minimum absolute atomic E-state index is 0.0620. The van der Waals surface area contributed by atoms with E-state index in [0.717, 1.165) is 6.07 Å². The van der Waals surface area contributed by atoms with E-state index < -0.39 is 23.4 Å². The zero-order chi connectivity index (χ0) is 16.2. The van der Waals surface area contributed by atoms with Gasteiger partial charge in [0.25, 0.3) is 5.91 Å². The van der Waals surface area contributed by atoms with Crippen molar-refractivity contribution in [3.8, 4) is 11.8 Å². The monoisotopic (exact) mass is 312 g/mol. The maximum Gasteiger partial charge on any atom is 0.262 e. The Morgan fingerprint density at radius 3 is 2.57 bits per heavy atom. The molecule has 21 heavy (non-hydrogen) atoms. The molecule has 2 atom stereocenters. The molecule has 4 nitrogen and oxygen atoms in total. The molecule has 0 heterocycles. The van der Waals surface area contributed by atoms with E-state index in [0.29, 0.717) is 0 Å². The summed E-state index contributed by atoms with van der Waals surface area (Å²) in [5.74, 6) is -0.772. The summed E-state index contributed by atoms with van der Waals surface area (Å²) in [7, 11) is 0. The first-order valence-electron chi connectivity index (χ1n) is 6.54. The van der Waals surface area contributed by atoms with Crippen molar-refractivity contribution in [2.45, 2.75) is 39.3 Å². The van der Waals surface area contributed by atoms with Gasteiger partial charge in [-0.25, -0.2) is 4.39 Å². The second-order valence-electron chi connectivity index (χ2n) is 5.29. The summed E-state index contributed by atoms with van der Waals surface area (Å²) in [5, 5.41) is 11.9. The smallest absolute Gasteiger partial charge is 0.262 e. The van der Waals surface area contributed by atoms with Gasteiger partial charge in [0, 0.05) is 0 Å². The highest BCUT2D eigenvalue weighted by molar-refractivity contribution is 6.32. The second kappa shape index (κ2) is 6.77. The predicted molar refractivity (Wildman–Crippen MR) is 78.5 cm³/mol. The lowest BCUT2D eigenvalue weighted by Crippen LogP contribution is -2.52. The topological polar surface area (TPSA) is 62.1 Å². The maximum atomic E-state index is 12.9. The van der Waals surface area contributed by atoms with Gasteiger partial charge in [-0.3, -0.25) is 4.79 Å². The first kappa shape index (κ1) is 17.3. The summed E-state index contributed by atoms with van der Waals surface area (Å²) in [5.41, 5.74) is -0.985. The van der Waals surface area contributed by atoms with Crippen molar-refractivity contribution in [3.05, 3.63) is 29.0 Å². The standard InChI is InChI=1S/C15H18ClFN2O2/c1-9(2)15(4,8-18)19-14(20)10(3)21-13-6-5-11(17)7-12(13)16/h5-7,9-10H,1-4H3,(H,19,20)/t10-,15+/m1/s1. The molecule has 0 unspecified atom stereocenters. The number of hydrogen-bond donors (Lipinski definition) is 1. The average Bonchev–Trinajstić information content (AvgIpc) is 2.41. The molecule has 6 heteroatoms. The summed E-state index contributed by atoms with van der Waals surface area (Å²) in [6.45, 7) is 6.86. The molecule has 1 aromatic rings. The van der Waals surface area contributed by atoms with Gasteiger partial charge in [-0.1, -0.05) is 25.4 Å². The van der Waals surface area contributed by atoms with Crippen LogP contribution in [-0.4, -0.2) is 17.6 Å². The van der Waals surface area contributed by atoms with Gasteiger partial charge in [0.05, 0.1) is 11.1 Å². The Morgan fingerprint density at radius 2 is 2.10 bits per heavy atom. The van der Waals surface area contributed by atoms with Crippen LogP contribution in [0.4, 0.5) is 4.39 Å². The maximum absolute atomic E-state index is 12.9. The van der Waals surface area contributed by atoms with Crippen molar-refractivity contribution >= 4 is 17.5 Å². The fourth-order valence-corrected chi connectivity index (χ4v) is 1.69. The molecule has 0 bridgehead atoms. The molecule has 0 aromatic heterocycles. The van der Waals surface area contributed by atoms with E-state index in [2.05, 4.69) is 11.4 Å². The largest absolute Gasteiger partial charge is 0.479 e. The minimum atomic E-state index is -0.985. The number of benzene rings is 1. The lowest BCUT2D eigenvalue weighted by atomic mass is 9.90. The summed E-state index contributed by atoms with van der Waals surface area (Å²) in [4.78, 5) is 12.1. The number of ether oxygens (including phenoxy) is 1. The highest BCUT2D eigenvalue weighted by Crippen LogP contribution is 2.26. The number of hydrogen-bond acceptors (Lipinski definition) is 3. The third-order valence-corrected chi connectivity index (χ3v) is 3.63. The quantitative estimate of drug-likeness (QED) is 0.907. The minimum Gasteiger partial charge on any atom is -0.479 e. The number of amides is 1. The van der Waals surface area contributed by atoms with Crippen LogP contribution in [0.15, 0.2) is 18.2 Å². The molecule has 1 rings (SSSR count). The number of carbonyl (C=O) groups excluding carboxylic acids is 1. The van der Waals surface area contributed by atoms with Crippen LogP contribution in [0.5, 0.6) is 5.75 Å². The van der Waals surface area contributed by atoms with Gasteiger partial charge in [-0.05, 0) is 38.0 Å². The Hall–Kier alpha value is -1.80. The van der Waals surface area contributed by atoms with Gasteiger partial charge in [0.2, 0.25) is 0 Å². The first-order chi connectivity index (χ1) is 9.69. The number of carbonyl (C=O) groups is 1. The fraction of sp³-hybridized carbons (Fsp3) is 0.467. The molecular formula is C15H18ClFN2O2. The zero-order valence-electron chi connectivity index (χ0n) is 12.4. The molecule has 0 radical (unpaired) electrons. The van der Waals surface area contributed by atoms with Gasteiger partial charge in [-0.2, -0.15) is 5.26 Å². The van der Waals surface area contributed by atoms with E-state index in [4.69, 9.17) is 16.3 Å². The Bertz CT molecular complexity index is 571. The van der Waals surface area contributed by atoms with Gasteiger partial charge < -0.3 is 10.1 Å². The van der Waals surface area contributed by atoms with E-state index in [1.165, 1.54) is 19.1 Å². The van der Waals surface area contributed by atoms with E-state index in [9.17, 15) is 14.4 Å². The predicted octanol–water partition coefficient (Wildman–Crippen LogP) is 3.30. The number of nitriles is 1. The van der Waals surface area contributed by atoms with Crippen molar-refractivity contribution in [2.24, 2.45) is 5.92 Å². The Kier molecular flexibility index (Phi) is 5.56. The molecule has 1 amide bonds. The molecule has 0 aliphatic carbocycles. The summed E-state index contributed by atoms with van der Waals surface area (Å²) in [6.07, 6.45) is -0.862. The van der Waals surface area contributed by atoms with Crippen LogP contribution >= 0.6 is 11.6 Å². The molecule has 0 fully saturated rings. The van der Waals surface area contributed by atoms with Crippen LogP contribution in [0.2, 0.25) is 5.02 Å². The lowest BCUT2D eigenvalue weighted by Gasteiger charge is -2.28. The van der Waals surface area contributed by atoms with Crippen molar-refractivity contribution < 1.29 is 13.9 Å². The number of nitrogens with one attached hydrogen (secondary N) is 1. The molecule has 0 aliphatic heterocycles. The number of halogens is 2. The number of rotatable bonds is 5. The van der Waals surface area contributed by atoms with Crippen molar-refractivity contribution in [2.75, 3.05) is 0 Å². The first-order valence-corrected chi connectivity index (χ1v) is 6.92. The van der Waals surface area contributed by atoms with Crippen LogP contribution < -0.4 is 10.1 Å². The van der Waals surface area contributed by atoms with Crippen molar-refractivity contribution in [1.29, 1.82) is 5.26 Å². The highest BCUT2D eigenvalue weighted by atomic mass is 35.5. The molecule has 0 spiro atoms. The van der Waals surface area contributed by atoms with Crippen LogP contribution in [0.1, 0.15) is 27.7 Å². The molecule has 0 aliphatic rings. The number of nitrogens with zero attached hydrogens (tertiary/aromatic N) is 1. The highest BCUT2D eigenvalue weighted by Gasteiger charge is 2.32. The lowest BCUT2D eigenvalue weighted by molar-refractivity contribution is -0.128. The Labute approximate surface area is 128 Å². The Morgan fingerprint density at radius 1 is 1.48 bits per heavy atom. The van der Waals surface area contributed by atoms with Gasteiger partial charge >= 0.3 is 0 Å². The van der Waals surface area contributed by atoms with E-state index in [1.54, 1.807) is 6.92 Å². The molecule has 0 saturated carbocycles. The van der Waals surface area contributed by atoms with Crippen LogP contribution in [0.3, 0.4) is 0 Å². The van der Waals surface area contributed by atoms with Gasteiger partial charge in [0.1, 0.15) is 17.1 Å². The van der Waals surface area contributed by atoms with Crippen molar-refractivity contribution in [3.63, 3.8) is 0 Å². The Balaban J connectivity index is 2.78. The molecule has 0 saturated heterocycles. The fourth-order valence-electron chi connectivity index (χ4n) is 1.47. The van der Waals surface area contributed by atoms with Gasteiger partial charge in [0.15, 0.2) is 6.10 Å². The molecule has 114 valence electrons. The second-order valence-corrected chi connectivity index (χ2v) is 5.70. The van der Waals surface area contributed by atoms with Gasteiger partial charge in [-0.15, -0.1) is 0 Å². The molecule has 1 N–H and O–H groups in total. The van der Waals surface area contributed by atoms with E-state index in [-0.39, 0.29) is 16.7 Å².